The Labute approximate surface area is 668 Å². The number of hydrogen-bond acceptors (Lipinski definition) is 10. The Bertz CT molecular complexity index is 1280. The molecular weight excluding hydrogens is 1460 g/mol. The van der Waals surface area contributed by atoms with E-state index >= 15 is 0 Å². The first-order chi connectivity index (χ1) is 48.9. The van der Waals surface area contributed by atoms with Crippen molar-refractivity contribution >= 4 is 52.9 Å². The molecule has 0 aromatic rings. The molecule has 0 fully saturated rings. The van der Waals surface area contributed by atoms with Gasteiger partial charge in [-0.1, -0.05) is 484 Å². The minimum atomic E-state index is -0.903. The van der Waals surface area contributed by atoms with Gasteiger partial charge in [-0.2, -0.15) is 0 Å². The molecule has 10 nitrogen and oxygen atoms in total. The predicted octanol–water partition coefficient (Wildman–Crippen LogP) is 24.6. The van der Waals surface area contributed by atoms with E-state index in [1.807, 2.05) is 0 Å². The molecular formula is C90H175AuMgO10. The maximum atomic E-state index is 10.2. The van der Waals surface area contributed by atoms with E-state index < -0.39 is 29.8 Å². The number of carbonyl (C=O) groups is 5. The van der Waals surface area contributed by atoms with Crippen molar-refractivity contribution in [1.29, 1.82) is 0 Å². The summed E-state index contributed by atoms with van der Waals surface area (Å²) in [7, 11) is 0. The summed E-state index contributed by atoms with van der Waals surface area (Å²) in [5.41, 5.74) is 0. The molecule has 0 aliphatic heterocycles. The van der Waals surface area contributed by atoms with E-state index in [0.29, 0.717) is 0 Å². The number of carbonyl (C=O) groups excluding carboxylic acids is 5. The van der Waals surface area contributed by atoms with Crippen LogP contribution in [-0.4, -0.2) is 52.9 Å². The molecule has 0 spiro atoms. The van der Waals surface area contributed by atoms with Gasteiger partial charge in [0.2, 0.25) is 0 Å². The molecule has 0 aliphatic carbocycles. The van der Waals surface area contributed by atoms with Crippen LogP contribution in [-0.2, 0) is 46.4 Å². The average Bonchev–Trinajstić information content (AvgIpc) is 3.77. The monoisotopic (exact) mass is 1640 g/mol. The van der Waals surface area contributed by atoms with Gasteiger partial charge in [0.25, 0.3) is 0 Å². The van der Waals surface area contributed by atoms with Crippen molar-refractivity contribution in [2.75, 3.05) is 0 Å². The minimum absolute atomic E-state index is 0. The molecule has 0 heterocycles. The van der Waals surface area contributed by atoms with Crippen molar-refractivity contribution in [3.63, 3.8) is 0 Å². The van der Waals surface area contributed by atoms with Crippen LogP contribution in [0.3, 0.4) is 0 Å². The molecule has 102 heavy (non-hydrogen) atoms. The van der Waals surface area contributed by atoms with Crippen LogP contribution < -0.4 is 25.5 Å². The van der Waals surface area contributed by atoms with Crippen molar-refractivity contribution in [1.82, 2.24) is 0 Å². The molecule has 0 saturated carbocycles. The quantitative estimate of drug-likeness (QED) is 0.0417. The zero-order chi connectivity index (χ0) is 74.5. The van der Waals surface area contributed by atoms with Gasteiger partial charge in [-0.05, 0) is 64.2 Å². The van der Waals surface area contributed by atoms with Gasteiger partial charge >= 0.3 is 45.4 Å². The smallest absolute Gasteiger partial charge is 0.550 e. The van der Waals surface area contributed by atoms with Crippen molar-refractivity contribution in [3.8, 4) is 0 Å². The summed E-state index contributed by atoms with van der Waals surface area (Å²) in [6, 6.07) is 0. The summed E-state index contributed by atoms with van der Waals surface area (Å²) >= 11 is 0. The van der Waals surface area contributed by atoms with Crippen LogP contribution in [0.4, 0.5) is 0 Å². The average molecular weight is 1640 g/mol. The van der Waals surface area contributed by atoms with Gasteiger partial charge in [-0.3, -0.25) is 0 Å². The SMILES string of the molecule is CCCCCCCCCCCCCCCCCC(=O)[O-].CCCCCCCCCCCCCCCCCC(=O)[O-].CCCCCCCCCCCCCCCCCC(=O)[O-].CCCCCCCCCCCCCCCCCC(=O)[O-].CCCCCCCCCCCCCCCCCC(=O)[O-].[Au+3].[Mg+2]. The van der Waals surface area contributed by atoms with Gasteiger partial charge in [0.15, 0.2) is 0 Å². The van der Waals surface area contributed by atoms with Crippen LogP contribution in [0.5, 0.6) is 0 Å². The molecule has 0 amide bonds. The second-order valence-electron chi connectivity index (χ2n) is 30.4. The molecule has 0 rings (SSSR count). The zero-order valence-electron chi connectivity index (χ0n) is 69.2. The predicted molar refractivity (Wildman–Crippen MR) is 429 cm³/mol. The van der Waals surface area contributed by atoms with Crippen LogP contribution in [0, 0.1) is 0 Å². The van der Waals surface area contributed by atoms with Crippen molar-refractivity contribution in [3.05, 3.63) is 0 Å². The first-order valence-corrected chi connectivity index (χ1v) is 44.8. The fourth-order valence-electron chi connectivity index (χ4n) is 13.2. The number of carboxylic acids is 5. The molecule has 0 bridgehead atoms. The molecule has 0 atom stereocenters. The Kier molecular flexibility index (Phi) is 124. The summed E-state index contributed by atoms with van der Waals surface area (Å²) in [5.74, 6) is -4.52. The molecule has 12 heteroatoms. The third kappa shape index (κ3) is 135. The Morgan fingerprint density at radius 2 is 0.196 bits per heavy atom. The topological polar surface area (TPSA) is 201 Å². The molecule has 0 radical (unpaired) electrons. The first-order valence-electron chi connectivity index (χ1n) is 44.8. The van der Waals surface area contributed by atoms with Crippen molar-refractivity contribution in [2.24, 2.45) is 0 Å². The summed E-state index contributed by atoms with van der Waals surface area (Å²) in [5, 5.41) is 51.1. The van der Waals surface area contributed by atoms with Crippen molar-refractivity contribution in [2.45, 2.75) is 548 Å². The molecule has 0 aromatic heterocycles. The van der Waals surface area contributed by atoms with E-state index in [2.05, 4.69) is 34.6 Å². The molecule has 608 valence electrons. The van der Waals surface area contributed by atoms with E-state index in [9.17, 15) is 49.5 Å². The van der Waals surface area contributed by atoms with E-state index in [4.69, 9.17) is 0 Å². The van der Waals surface area contributed by atoms with Crippen LogP contribution in [0.25, 0.3) is 0 Å². The maximum absolute atomic E-state index is 10.2. The van der Waals surface area contributed by atoms with E-state index in [1.165, 1.54) is 417 Å². The second-order valence-corrected chi connectivity index (χ2v) is 30.4. The van der Waals surface area contributed by atoms with Crippen LogP contribution in [0.2, 0.25) is 0 Å². The summed E-state index contributed by atoms with van der Waals surface area (Å²) < 4.78 is 0. The number of carboxylic acid groups (broad SMARTS) is 5. The zero-order valence-corrected chi connectivity index (χ0v) is 72.7. The molecule has 0 aromatic carbocycles. The van der Waals surface area contributed by atoms with Crippen LogP contribution >= 0.6 is 0 Å². The Morgan fingerprint density at radius 3 is 0.255 bits per heavy atom. The van der Waals surface area contributed by atoms with Crippen molar-refractivity contribution < 1.29 is 71.9 Å². The Morgan fingerprint density at radius 1 is 0.137 bits per heavy atom. The second kappa shape index (κ2) is 111. The number of hydrogen-bond donors (Lipinski definition) is 0. The summed E-state index contributed by atoms with van der Waals surface area (Å²) in [6.45, 7) is 11.3. The van der Waals surface area contributed by atoms with Gasteiger partial charge in [-0.25, -0.2) is 0 Å². The summed E-state index contributed by atoms with van der Waals surface area (Å²) in [4.78, 5) is 51.1. The van der Waals surface area contributed by atoms with Crippen LogP contribution in [0.1, 0.15) is 548 Å². The standard InChI is InChI=1S/5C18H36O2.Au.Mg/c5*1-2-3-4-5-6-7-8-9-10-11-12-13-14-15-16-17-18(19)20;;/h5*2-17H2,1H3,(H,19,20);;/q;;;;;+3;+2/p-5. The molecule has 0 aliphatic rings. The fraction of sp³-hybridized carbons (Fsp3) is 0.944. The van der Waals surface area contributed by atoms with Gasteiger partial charge < -0.3 is 49.5 Å². The van der Waals surface area contributed by atoms with Gasteiger partial charge in [-0.15, -0.1) is 0 Å². The fourth-order valence-corrected chi connectivity index (χ4v) is 13.2. The minimum Gasteiger partial charge on any atom is -0.550 e. The number of rotatable bonds is 80. The maximum Gasteiger partial charge on any atom is 3.00 e. The third-order valence-corrected chi connectivity index (χ3v) is 19.9. The largest absolute Gasteiger partial charge is 3.00 e. The van der Waals surface area contributed by atoms with E-state index in [0.717, 1.165) is 64.2 Å². The molecule has 0 N–H and O–H groups in total. The normalized spacial score (nSPS) is 10.6. The van der Waals surface area contributed by atoms with Gasteiger partial charge in [0, 0.05) is 29.8 Å². The van der Waals surface area contributed by atoms with Crippen LogP contribution in [0.15, 0.2) is 0 Å². The summed E-state index contributed by atoms with van der Waals surface area (Å²) in [6.07, 6.45) is 99.3. The Hall–Kier alpha value is -1.14. The number of aliphatic carboxylic acids is 5. The number of unbranched alkanes of at least 4 members (excludes halogenated alkanes) is 70. The van der Waals surface area contributed by atoms with Gasteiger partial charge in [0.05, 0.1) is 0 Å². The van der Waals surface area contributed by atoms with E-state index in [1.54, 1.807) is 0 Å². The molecule has 0 unspecified atom stereocenters. The van der Waals surface area contributed by atoms with E-state index in [-0.39, 0.29) is 77.5 Å². The first kappa shape index (κ1) is 114. The third-order valence-electron chi connectivity index (χ3n) is 19.9. The van der Waals surface area contributed by atoms with Gasteiger partial charge in [0.1, 0.15) is 0 Å². The Balaban J connectivity index is -0.000000220. The molecule has 0 saturated heterocycles.